The summed E-state index contributed by atoms with van der Waals surface area (Å²) >= 11 is 0. The van der Waals surface area contributed by atoms with E-state index in [2.05, 4.69) is 21.3 Å². The number of nitrogens with one attached hydrogen (secondary N) is 5. The van der Waals surface area contributed by atoms with E-state index in [9.17, 15) is 38.4 Å². The lowest BCUT2D eigenvalue weighted by Crippen LogP contribution is -2.53. The van der Waals surface area contributed by atoms with Crippen LogP contribution in [0.4, 0.5) is 0 Å². The lowest BCUT2D eigenvalue weighted by atomic mass is 10.1. The summed E-state index contributed by atoms with van der Waals surface area (Å²) in [5.74, 6) is -7.72. The average molecular weight is 474 g/mol. The van der Waals surface area contributed by atoms with E-state index in [4.69, 9.17) is 22.3 Å². The highest BCUT2D eigenvalue weighted by atomic mass is 16.4. The number of carboxylic acid groups (broad SMARTS) is 1. The Morgan fingerprint density at radius 3 is 1.55 bits per heavy atom. The molecule has 0 saturated heterocycles. The molecule has 0 radical (unpaired) electrons. The van der Waals surface area contributed by atoms with Crippen molar-refractivity contribution >= 4 is 47.3 Å². The average Bonchev–Trinajstić information content (AvgIpc) is 2.72. The first-order valence-corrected chi connectivity index (χ1v) is 9.25. The van der Waals surface area contributed by atoms with Gasteiger partial charge in [0.2, 0.25) is 41.4 Å². The monoisotopic (exact) mass is 474 g/mol. The van der Waals surface area contributed by atoms with Gasteiger partial charge in [0.1, 0.15) is 12.1 Å². The van der Waals surface area contributed by atoms with Gasteiger partial charge in [-0.15, -0.1) is 0 Å². The summed E-state index contributed by atoms with van der Waals surface area (Å²) < 4.78 is 0. The number of carbonyl (C=O) groups excluding carboxylic acids is 7. The molecule has 33 heavy (non-hydrogen) atoms. The van der Waals surface area contributed by atoms with E-state index in [0.717, 1.165) is 0 Å². The molecule has 0 aromatic rings. The van der Waals surface area contributed by atoms with Crippen LogP contribution in [-0.4, -0.2) is 90.7 Å². The fourth-order valence-electron chi connectivity index (χ4n) is 2.09. The van der Waals surface area contributed by atoms with Gasteiger partial charge in [-0.05, 0) is 0 Å². The number of nitrogens with two attached hydrogens (primary N) is 3. The van der Waals surface area contributed by atoms with E-state index in [0.29, 0.717) is 0 Å². The topological polar surface area (TPSA) is 295 Å². The van der Waals surface area contributed by atoms with E-state index in [1.165, 1.54) is 0 Å². The Bertz CT molecular complexity index is 801. The number of carboxylic acids is 1. The van der Waals surface area contributed by atoms with Crippen LogP contribution < -0.4 is 43.8 Å². The van der Waals surface area contributed by atoms with Crippen molar-refractivity contribution in [2.45, 2.75) is 24.9 Å². The summed E-state index contributed by atoms with van der Waals surface area (Å²) in [5, 5.41) is 19.4. The van der Waals surface area contributed by atoms with Crippen molar-refractivity contribution in [2.75, 3.05) is 26.2 Å². The van der Waals surface area contributed by atoms with Crippen molar-refractivity contribution < 1.29 is 43.5 Å². The Labute approximate surface area is 186 Å². The van der Waals surface area contributed by atoms with Crippen LogP contribution in [0.15, 0.2) is 0 Å². The molecule has 0 fully saturated rings. The van der Waals surface area contributed by atoms with E-state index in [1.54, 1.807) is 0 Å². The molecule has 0 saturated carbocycles. The highest BCUT2D eigenvalue weighted by Gasteiger charge is 2.25. The third-order valence-electron chi connectivity index (χ3n) is 3.60. The fraction of sp³-hybridized carbons (Fsp3) is 0.500. The Balaban J connectivity index is 4.74. The minimum absolute atomic E-state index is 0.336. The predicted octanol–water partition coefficient (Wildman–Crippen LogP) is -6.90. The fourth-order valence-corrected chi connectivity index (χ4v) is 2.09. The Morgan fingerprint density at radius 2 is 1.06 bits per heavy atom. The number of amides is 7. The smallest absolute Gasteiger partial charge is 0.326 e. The molecular weight excluding hydrogens is 448 g/mol. The van der Waals surface area contributed by atoms with Gasteiger partial charge in [-0.25, -0.2) is 4.79 Å². The third kappa shape index (κ3) is 13.6. The number of hydrogen-bond donors (Lipinski definition) is 9. The second kappa shape index (κ2) is 14.7. The summed E-state index contributed by atoms with van der Waals surface area (Å²) in [4.78, 5) is 91.5. The first-order valence-electron chi connectivity index (χ1n) is 9.25. The molecule has 17 heteroatoms. The highest BCUT2D eigenvalue weighted by Crippen LogP contribution is 1.94. The van der Waals surface area contributed by atoms with Gasteiger partial charge in [0, 0.05) is 0 Å². The number of hydrogen-bond acceptors (Lipinski definition) is 9. The quantitative estimate of drug-likeness (QED) is 0.108. The van der Waals surface area contributed by atoms with E-state index in [-0.39, 0.29) is 6.54 Å². The van der Waals surface area contributed by atoms with Crippen molar-refractivity contribution in [3.8, 4) is 0 Å². The molecule has 17 nitrogen and oxygen atoms in total. The summed E-state index contributed by atoms with van der Waals surface area (Å²) in [6, 6.07) is -3.14. The maximum Gasteiger partial charge on any atom is 0.326 e. The number of carbonyl (C=O) groups is 8. The summed E-state index contributed by atoms with van der Waals surface area (Å²) in [7, 11) is 0. The molecular formula is C16H26N8O9. The van der Waals surface area contributed by atoms with Gasteiger partial charge in [-0.1, -0.05) is 0 Å². The van der Waals surface area contributed by atoms with Gasteiger partial charge in [-0.2, -0.15) is 0 Å². The summed E-state index contributed by atoms with van der Waals surface area (Å²) in [6.45, 7) is -2.16. The molecule has 0 aromatic heterocycles. The lowest BCUT2D eigenvalue weighted by Gasteiger charge is -2.18. The molecule has 0 unspecified atom stereocenters. The highest BCUT2D eigenvalue weighted by molar-refractivity contribution is 5.95. The van der Waals surface area contributed by atoms with Crippen molar-refractivity contribution in [3.63, 3.8) is 0 Å². The zero-order valence-corrected chi connectivity index (χ0v) is 17.3. The zero-order chi connectivity index (χ0) is 25.6. The Kier molecular flexibility index (Phi) is 12.8. The maximum absolute atomic E-state index is 12.2. The van der Waals surface area contributed by atoms with Crippen molar-refractivity contribution in [2.24, 2.45) is 17.2 Å². The molecule has 0 heterocycles. The van der Waals surface area contributed by atoms with Crippen LogP contribution in [0.25, 0.3) is 0 Å². The van der Waals surface area contributed by atoms with E-state index < -0.39 is 91.9 Å². The van der Waals surface area contributed by atoms with Crippen LogP contribution >= 0.6 is 0 Å². The van der Waals surface area contributed by atoms with Crippen LogP contribution in [0.1, 0.15) is 12.8 Å². The molecule has 0 spiro atoms. The number of primary amides is 2. The van der Waals surface area contributed by atoms with Gasteiger partial charge >= 0.3 is 5.97 Å². The molecule has 12 N–H and O–H groups in total. The molecule has 0 bridgehead atoms. The molecule has 0 rings (SSSR count). The molecule has 0 aromatic carbocycles. The maximum atomic E-state index is 12.2. The predicted molar refractivity (Wildman–Crippen MR) is 107 cm³/mol. The van der Waals surface area contributed by atoms with Gasteiger partial charge in [0.25, 0.3) is 0 Å². The van der Waals surface area contributed by atoms with Crippen LogP contribution in [0, 0.1) is 0 Å². The van der Waals surface area contributed by atoms with Crippen molar-refractivity contribution in [3.05, 3.63) is 0 Å². The van der Waals surface area contributed by atoms with Crippen LogP contribution in [0.3, 0.4) is 0 Å². The van der Waals surface area contributed by atoms with Gasteiger partial charge in [0.05, 0.1) is 39.0 Å². The largest absolute Gasteiger partial charge is 0.480 e. The number of rotatable bonds is 15. The van der Waals surface area contributed by atoms with E-state index >= 15 is 0 Å². The van der Waals surface area contributed by atoms with Gasteiger partial charge in [-0.3, -0.25) is 33.6 Å². The first-order chi connectivity index (χ1) is 15.3. The molecule has 184 valence electrons. The van der Waals surface area contributed by atoms with Gasteiger partial charge in [0.15, 0.2) is 0 Å². The summed E-state index contributed by atoms with van der Waals surface area (Å²) in [6.07, 6.45) is -1.34. The second-order valence-electron chi connectivity index (χ2n) is 6.39. The zero-order valence-electron chi connectivity index (χ0n) is 17.3. The van der Waals surface area contributed by atoms with E-state index in [1.807, 2.05) is 5.32 Å². The lowest BCUT2D eigenvalue weighted by molar-refractivity contribution is -0.143. The minimum atomic E-state index is -1.62. The third-order valence-corrected chi connectivity index (χ3v) is 3.60. The van der Waals surface area contributed by atoms with Crippen molar-refractivity contribution in [1.82, 2.24) is 26.6 Å². The Morgan fingerprint density at radius 1 is 0.636 bits per heavy atom. The number of aliphatic carboxylic acids is 1. The standard InChI is InChI=1S/C16H26N8O9/c17-3-11(27)20-4-12(28)21-5-13(29)23-7(1-9(18)25)15(31)22-6-14(30)24-8(16(32)33)2-10(19)26/h7-8H,1-6,17H2,(H2,18,25)(H2,19,26)(H,20,27)(H,21,28)(H,22,31)(H,23,29)(H,24,30)(H,32,33)/t7-,8-/m0/s1. The van der Waals surface area contributed by atoms with Crippen LogP contribution in [-0.2, 0) is 38.4 Å². The van der Waals surface area contributed by atoms with Crippen molar-refractivity contribution in [1.29, 1.82) is 0 Å². The molecule has 2 atom stereocenters. The van der Waals surface area contributed by atoms with Gasteiger partial charge < -0.3 is 48.9 Å². The first kappa shape index (κ1) is 28.7. The molecule has 0 aliphatic carbocycles. The van der Waals surface area contributed by atoms with Crippen LogP contribution in [0.5, 0.6) is 0 Å². The molecule has 0 aliphatic rings. The van der Waals surface area contributed by atoms with Crippen LogP contribution in [0.2, 0.25) is 0 Å². The summed E-state index contributed by atoms with van der Waals surface area (Å²) in [5.41, 5.74) is 15.0. The normalized spacial score (nSPS) is 11.8. The molecule has 7 amide bonds. The second-order valence-corrected chi connectivity index (χ2v) is 6.39. The Hall–Kier alpha value is -4.28. The molecule has 0 aliphatic heterocycles. The SMILES string of the molecule is NCC(=O)NCC(=O)NCC(=O)N[C@@H](CC(N)=O)C(=O)NCC(=O)N[C@@H](CC(N)=O)C(=O)O. The minimum Gasteiger partial charge on any atom is -0.480 e.